The van der Waals surface area contributed by atoms with Crippen LogP contribution in [-0.4, -0.2) is 24.5 Å². The summed E-state index contributed by atoms with van der Waals surface area (Å²) >= 11 is 0. The van der Waals surface area contributed by atoms with Crippen LogP contribution in [0.25, 0.3) is 0 Å². The molecule has 0 aliphatic heterocycles. The predicted octanol–water partition coefficient (Wildman–Crippen LogP) is 1.31. The fourth-order valence-electron chi connectivity index (χ4n) is 1.27. The molecule has 0 atom stereocenters. The van der Waals surface area contributed by atoms with Crippen LogP contribution >= 0.6 is 0 Å². The van der Waals surface area contributed by atoms with Gasteiger partial charge in [-0.2, -0.15) is 8.42 Å². The first kappa shape index (κ1) is 13.0. The van der Waals surface area contributed by atoms with Crippen LogP contribution in [0.15, 0.2) is 40.2 Å². The maximum atomic E-state index is 13.3. The van der Waals surface area contributed by atoms with Crippen LogP contribution < -0.4 is 4.72 Å². The predicted molar refractivity (Wildman–Crippen MR) is 60.7 cm³/mol. The Morgan fingerprint density at radius 2 is 2.21 bits per heavy atom. The number of sulfonamides is 1. The van der Waals surface area contributed by atoms with Crippen LogP contribution in [0.4, 0.5) is 10.1 Å². The van der Waals surface area contributed by atoms with Crippen molar-refractivity contribution in [2.24, 2.45) is 0 Å². The number of pyridine rings is 1. The maximum Gasteiger partial charge on any atom is 0.357 e. The third-order valence-electron chi connectivity index (χ3n) is 2.06. The van der Waals surface area contributed by atoms with Crippen LogP contribution in [-0.2, 0) is 10.0 Å². The molecule has 2 N–H and O–H groups in total. The zero-order valence-electron chi connectivity index (χ0n) is 9.20. The number of hydrogen-bond acceptors (Lipinski definition) is 5. The zero-order chi connectivity index (χ0) is 14.0. The van der Waals surface area contributed by atoms with Gasteiger partial charge in [0.1, 0.15) is 0 Å². The Labute approximate surface area is 106 Å². The molecule has 0 spiro atoms. The van der Waals surface area contributed by atoms with Crippen LogP contribution in [0.3, 0.4) is 0 Å². The molecule has 0 bridgehead atoms. The van der Waals surface area contributed by atoms with Crippen molar-refractivity contribution in [2.75, 3.05) is 4.72 Å². The fraction of sp³-hybridized carbons (Fsp3) is 0. The molecule has 0 aliphatic rings. The van der Waals surface area contributed by atoms with Gasteiger partial charge in [0.25, 0.3) is 10.0 Å². The molecule has 2 aromatic rings. The van der Waals surface area contributed by atoms with Gasteiger partial charge in [-0.1, -0.05) is 0 Å². The second kappa shape index (κ2) is 4.69. The summed E-state index contributed by atoms with van der Waals surface area (Å²) in [5.74, 6) is -2.69. The summed E-state index contributed by atoms with van der Waals surface area (Å²) in [6.07, 6.45) is 2.06. The highest BCUT2D eigenvalue weighted by molar-refractivity contribution is 7.92. The molecule has 2 rings (SSSR count). The second-order valence-corrected chi connectivity index (χ2v) is 5.01. The summed E-state index contributed by atoms with van der Waals surface area (Å²) in [5.41, 5.74) is -1.00. The van der Waals surface area contributed by atoms with Crippen molar-refractivity contribution in [1.29, 1.82) is 0 Å². The molecule has 2 heterocycles. The molecule has 0 aliphatic carbocycles. The number of anilines is 1. The van der Waals surface area contributed by atoms with E-state index in [2.05, 4.69) is 4.98 Å². The lowest BCUT2D eigenvalue weighted by Crippen LogP contribution is -2.13. The second-order valence-electron chi connectivity index (χ2n) is 3.40. The van der Waals surface area contributed by atoms with Gasteiger partial charge in [-0.3, -0.25) is 4.72 Å². The van der Waals surface area contributed by atoms with Crippen molar-refractivity contribution in [3.63, 3.8) is 0 Å². The van der Waals surface area contributed by atoms with Gasteiger partial charge in [0, 0.05) is 6.07 Å². The van der Waals surface area contributed by atoms with Crippen molar-refractivity contribution in [3.8, 4) is 0 Å². The highest BCUT2D eigenvalue weighted by Crippen LogP contribution is 2.17. The molecule has 9 heteroatoms. The lowest BCUT2D eigenvalue weighted by molar-refractivity contribution is 0.0685. The first-order valence-electron chi connectivity index (χ1n) is 4.85. The molecule has 0 amide bonds. The molecule has 0 aromatic carbocycles. The van der Waals surface area contributed by atoms with E-state index < -0.39 is 27.5 Å². The average Bonchev–Trinajstić information content (AvgIpc) is 2.81. The number of carbonyl (C=O) groups is 1. The van der Waals surface area contributed by atoms with Gasteiger partial charge in [0.2, 0.25) is 5.09 Å². The van der Waals surface area contributed by atoms with E-state index in [9.17, 15) is 17.6 Å². The van der Waals surface area contributed by atoms with Crippen LogP contribution in [0.2, 0.25) is 0 Å². The molecule has 0 radical (unpaired) electrons. The number of carboxylic acid groups (broad SMARTS) is 1. The van der Waals surface area contributed by atoms with Gasteiger partial charge >= 0.3 is 5.97 Å². The highest BCUT2D eigenvalue weighted by Gasteiger charge is 2.19. The topological polar surface area (TPSA) is 109 Å². The number of nitrogens with zero attached hydrogens (tertiary/aromatic N) is 1. The summed E-state index contributed by atoms with van der Waals surface area (Å²) in [4.78, 5) is 13.9. The SMILES string of the molecule is O=C(O)c1ncc(NS(=O)(=O)c2ccco2)cc1F. The molecule has 2 aromatic heterocycles. The highest BCUT2D eigenvalue weighted by atomic mass is 32.2. The molecule has 19 heavy (non-hydrogen) atoms. The van der Waals surface area contributed by atoms with Crippen molar-refractivity contribution in [3.05, 3.63) is 42.2 Å². The molecular weight excluding hydrogens is 279 g/mol. The standard InChI is InChI=1S/C10H7FN2O5S/c11-7-4-6(5-12-9(7)10(14)15)13-19(16,17)8-2-1-3-18-8/h1-5,13H,(H,14,15). The molecule has 0 unspecified atom stereocenters. The fourth-order valence-corrected chi connectivity index (χ4v) is 2.24. The van der Waals surface area contributed by atoms with E-state index in [1.165, 1.54) is 18.4 Å². The molecule has 0 fully saturated rings. The van der Waals surface area contributed by atoms with Crippen LogP contribution in [0, 0.1) is 5.82 Å². The van der Waals surface area contributed by atoms with Crippen molar-refractivity contribution in [1.82, 2.24) is 4.98 Å². The number of halogens is 1. The smallest absolute Gasteiger partial charge is 0.357 e. The van der Waals surface area contributed by atoms with E-state index in [0.717, 1.165) is 12.3 Å². The van der Waals surface area contributed by atoms with Crippen LogP contribution in [0.1, 0.15) is 10.5 Å². The van der Waals surface area contributed by atoms with E-state index in [1.807, 2.05) is 4.72 Å². The largest absolute Gasteiger partial charge is 0.476 e. The molecule has 100 valence electrons. The monoisotopic (exact) mass is 286 g/mol. The van der Waals surface area contributed by atoms with Gasteiger partial charge in [0.05, 0.1) is 18.1 Å². The molecule has 0 saturated carbocycles. The zero-order valence-corrected chi connectivity index (χ0v) is 10.0. The lowest BCUT2D eigenvalue weighted by Gasteiger charge is -2.05. The van der Waals surface area contributed by atoms with E-state index >= 15 is 0 Å². The number of furan rings is 1. The number of nitrogens with one attached hydrogen (secondary N) is 1. The van der Waals surface area contributed by atoms with Crippen LogP contribution in [0.5, 0.6) is 0 Å². The summed E-state index contributed by atoms with van der Waals surface area (Å²) in [5, 5.41) is 8.23. The Kier molecular flexibility index (Phi) is 3.21. The Hall–Kier alpha value is -2.42. The summed E-state index contributed by atoms with van der Waals surface area (Å²) in [6.45, 7) is 0. The maximum absolute atomic E-state index is 13.3. The van der Waals surface area contributed by atoms with Gasteiger partial charge in [-0.25, -0.2) is 14.2 Å². The van der Waals surface area contributed by atoms with Gasteiger partial charge in [-0.15, -0.1) is 0 Å². The van der Waals surface area contributed by atoms with Gasteiger partial charge in [0.15, 0.2) is 11.5 Å². The quantitative estimate of drug-likeness (QED) is 0.877. The first-order chi connectivity index (χ1) is 8.90. The third-order valence-corrected chi connectivity index (χ3v) is 3.32. The average molecular weight is 286 g/mol. The normalized spacial score (nSPS) is 11.2. The molecular formula is C10H7FN2O5S. The van der Waals surface area contributed by atoms with Gasteiger partial charge < -0.3 is 9.52 Å². The number of aromatic nitrogens is 1. The molecule has 0 saturated heterocycles. The van der Waals surface area contributed by atoms with E-state index in [4.69, 9.17) is 9.52 Å². The Morgan fingerprint density at radius 3 is 2.74 bits per heavy atom. The minimum absolute atomic E-state index is 0.209. The number of hydrogen-bond donors (Lipinski definition) is 2. The number of aromatic carboxylic acids is 1. The third kappa shape index (κ3) is 2.71. The lowest BCUT2D eigenvalue weighted by atomic mass is 10.3. The van der Waals surface area contributed by atoms with Crippen molar-refractivity contribution in [2.45, 2.75) is 5.09 Å². The van der Waals surface area contributed by atoms with Crippen molar-refractivity contribution >= 4 is 21.7 Å². The minimum Gasteiger partial charge on any atom is -0.476 e. The van der Waals surface area contributed by atoms with E-state index in [0.29, 0.717) is 0 Å². The molecule has 7 nitrogen and oxygen atoms in total. The number of rotatable bonds is 4. The number of carboxylic acids is 1. The Bertz CT molecular complexity index is 712. The Balaban J connectivity index is 2.30. The van der Waals surface area contributed by atoms with E-state index in [-0.39, 0.29) is 10.8 Å². The first-order valence-corrected chi connectivity index (χ1v) is 6.33. The van der Waals surface area contributed by atoms with Gasteiger partial charge in [-0.05, 0) is 12.1 Å². The van der Waals surface area contributed by atoms with E-state index in [1.54, 1.807) is 0 Å². The minimum atomic E-state index is -3.99. The summed E-state index contributed by atoms with van der Waals surface area (Å²) in [6, 6.07) is 3.30. The van der Waals surface area contributed by atoms with Crippen molar-refractivity contribution < 1.29 is 27.1 Å². The summed E-state index contributed by atoms with van der Waals surface area (Å²) in [7, 11) is -3.99. The summed E-state index contributed by atoms with van der Waals surface area (Å²) < 4.78 is 43.5. The Morgan fingerprint density at radius 1 is 1.47 bits per heavy atom.